The Bertz CT molecular complexity index is 628. The molecule has 1 fully saturated rings. The van der Waals surface area contributed by atoms with Crippen LogP contribution in [0.3, 0.4) is 0 Å². The molecule has 0 saturated carbocycles. The van der Waals surface area contributed by atoms with Crippen LogP contribution in [0.4, 0.5) is 0 Å². The van der Waals surface area contributed by atoms with Gasteiger partial charge < -0.3 is 19.2 Å². The zero-order chi connectivity index (χ0) is 16.2. The molecule has 0 aliphatic carbocycles. The Hall–Kier alpha value is -1.46. The van der Waals surface area contributed by atoms with Crippen molar-refractivity contribution in [2.45, 2.75) is 52.1 Å². The van der Waals surface area contributed by atoms with Crippen LogP contribution in [0, 0.1) is 0 Å². The number of ether oxygens (including phenoxy) is 1. The van der Waals surface area contributed by atoms with Gasteiger partial charge in [-0.05, 0) is 30.6 Å². The molecule has 4 nitrogen and oxygen atoms in total. The van der Waals surface area contributed by atoms with Crippen molar-refractivity contribution in [3.63, 3.8) is 0 Å². The molecule has 0 spiro atoms. The Balaban J connectivity index is 1.61. The van der Waals surface area contributed by atoms with Gasteiger partial charge in [0.1, 0.15) is 12.4 Å². The first-order chi connectivity index (χ1) is 11.2. The number of nitrogens with one attached hydrogen (secondary N) is 1. The van der Waals surface area contributed by atoms with E-state index >= 15 is 0 Å². The predicted octanol–water partition coefficient (Wildman–Crippen LogP) is 3.94. The molecule has 1 aromatic carbocycles. The Labute approximate surface area is 139 Å². The second kappa shape index (κ2) is 7.41. The van der Waals surface area contributed by atoms with Crippen molar-refractivity contribution in [3.8, 4) is 5.75 Å². The molecule has 0 bridgehead atoms. The quantitative estimate of drug-likeness (QED) is 0.787. The summed E-state index contributed by atoms with van der Waals surface area (Å²) in [6.07, 6.45) is 5.63. The second-order valence-corrected chi connectivity index (χ2v) is 6.65. The van der Waals surface area contributed by atoms with Crippen molar-refractivity contribution in [1.29, 1.82) is 0 Å². The predicted molar refractivity (Wildman–Crippen MR) is 96.0 cm³/mol. The Morgan fingerprint density at radius 2 is 2.26 bits per heavy atom. The number of rotatable bonds is 7. The van der Waals surface area contributed by atoms with E-state index in [4.69, 9.17) is 9.39 Å². The van der Waals surface area contributed by atoms with Gasteiger partial charge in [0.05, 0.1) is 6.10 Å². The lowest BCUT2D eigenvalue weighted by Crippen LogP contribution is -2.39. The van der Waals surface area contributed by atoms with E-state index in [0.29, 0.717) is 12.6 Å². The molecule has 1 aliphatic heterocycles. The van der Waals surface area contributed by atoms with E-state index in [2.05, 4.69) is 42.7 Å². The molecule has 1 aromatic heterocycles. The van der Waals surface area contributed by atoms with Crippen molar-refractivity contribution in [3.05, 3.63) is 30.5 Å². The molecule has 5 heteroatoms. The van der Waals surface area contributed by atoms with Crippen LogP contribution in [-0.2, 0) is 4.65 Å². The standard InChI is InChI=1S/C18H27BN2O2/c1-4-5-10-19-21(14(2)3)12-15(23-19)13-22-18-8-6-7-17-16(18)9-11-20-17/h6-9,11,14-15,20H,4-5,10,12-13H2,1-3H3. The summed E-state index contributed by atoms with van der Waals surface area (Å²) >= 11 is 0. The minimum atomic E-state index is 0.147. The Morgan fingerprint density at radius 3 is 3.04 bits per heavy atom. The van der Waals surface area contributed by atoms with E-state index in [1.54, 1.807) is 0 Å². The largest absolute Gasteiger partial charge is 0.490 e. The minimum Gasteiger partial charge on any atom is -0.490 e. The van der Waals surface area contributed by atoms with Crippen LogP contribution in [0.15, 0.2) is 30.5 Å². The summed E-state index contributed by atoms with van der Waals surface area (Å²) in [6, 6.07) is 8.68. The number of aromatic amines is 1. The maximum absolute atomic E-state index is 6.25. The van der Waals surface area contributed by atoms with Gasteiger partial charge in [0, 0.05) is 23.6 Å². The molecule has 1 saturated heterocycles. The summed E-state index contributed by atoms with van der Waals surface area (Å²) in [7, 11) is 0.242. The number of benzene rings is 1. The molecule has 2 heterocycles. The molecule has 1 N–H and O–H groups in total. The summed E-state index contributed by atoms with van der Waals surface area (Å²) in [6.45, 7) is 8.27. The van der Waals surface area contributed by atoms with Gasteiger partial charge in [0.2, 0.25) is 0 Å². The number of H-pyrrole nitrogens is 1. The molecule has 124 valence electrons. The Kier molecular flexibility index (Phi) is 5.28. The van der Waals surface area contributed by atoms with Crippen molar-refractivity contribution in [1.82, 2.24) is 9.79 Å². The van der Waals surface area contributed by atoms with Crippen LogP contribution in [0.1, 0.15) is 33.6 Å². The fraction of sp³-hybridized carbons (Fsp3) is 0.556. The van der Waals surface area contributed by atoms with Crippen LogP contribution >= 0.6 is 0 Å². The van der Waals surface area contributed by atoms with E-state index in [0.717, 1.165) is 29.5 Å². The molecule has 1 unspecified atom stereocenters. The third-order valence-electron chi connectivity index (χ3n) is 4.58. The lowest BCUT2D eigenvalue weighted by Gasteiger charge is -2.23. The fourth-order valence-electron chi connectivity index (χ4n) is 3.31. The summed E-state index contributed by atoms with van der Waals surface area (Å²) < 4.78 is 12.3. The minimum absolute atomic E-state index is 0.147. The van der Waals surface area contributed by atoms with Crippen LogP contribution in [-0.4, -0.2) is 42.1 Å². The lowest BCUT2D eigenvalue weighted by atomic mass is 9.74. The third kappa shape index (κ3) is 3.73. The average molecular weight is 314 g/mol. The van der Waals surface area contributed by atoms with E-state index in [9.17, 15) is 0 Å². The summed E-state index contributed by atoms with van der Waals surface area (Å²) in [5.74, 6) is 0.931. The molecule has 1 atom stereocenters. The van der Waals surface area contributed by atoms with Crippen molar-refractivity contribution in [2.24, 2.45) is 0 Å². The fourth-order valence-corrected chi connectivity index (χ4v) is 3.31. The van der Waals surface area contributed by atoms with Gasteiger partial charge in [-0.15, -0.1) is 0 Å². The number of hydrogen-bond donors (Lipinski definition) is 1. The van der Waals surface area contributed by atoms with Crippen molar-refractivity contribution < 1.29 is 9.39 Å². The Morgan fingerprint density at radius 1 is 1.39 bits per heavy atom. The number of fused-ring (bicyclic) bond motifs is 1. The first-order valence-corrected chi connectivity index (χ1v) is 8.79. The highest BCUT2D eigenvalue weighted by molar-refractivity contribution is 6.49. The molecule has 0 amide bonds. The van der Waals surface area contributed by atoms with Crippen molar-refractivity contribution >= 4 is 18.0 Å². The normalized spacial score (nSPS) is 19.1. The zero-order valence-corrected chi connectivity index (χ0v) is 14.4. The van der Waals surface area contributed by atoms with Crippen LogP contribution < -0.4 is 4.74 Å². The number of nitrogens with zero attached hydrogens (tertiary/aromatic N) is 1. The van der Waals surface area contributed by atoms with Gasteiger partial charge in [0.25, 0.3) is 0 Å². The maximum Gasteiger partial charge on any atom is 0.383 e. The highest BCUT2D eigenvalue weighted by atomic mass is 16.5. The average Bonchev–Trinajstić information content (AvgIpc) is 3.17. The number of aromatic nitrogens is 1. The van der Waals surface area contributed by atoms with Gasteiger partial charge >= 0.3 is 7.05 Å². The molecule has 0 radical (unpaired) electrons. The number of hydrogen-bond acceptors (Lipinski definition) is 3. The highest BCUT2D eigenvalue weighted by Crippen LogP contribution is 2.26. The summed E-state index contributed by atoms with van der Waals surface area (Å²) in [5, 5.41) is 1.13. The van der Waals surface area contributed by atoms with E-state index in [1.807, 2.05) is 18.3 Å². The summed E-state index contributed by atoms with van der Waals surface area (Å²) in [4.78, 5) is 5.68. The molecule has 23 heavy (non-hydrogen) atoms. The van der Waals surface area contributed by atoms with E-state index in [1.165, 1.54) is 12.8 Å². The van der Waals surface area contributed by atoms with E-state index in [-0.39, 0.29) is 13.2 Å². The van der Waals surface area contributed by atoms with Gasteiger partial charge in [-0.2, -0.15) is 0 Å². The molecule has 1 aliphatic rings. The third-order valence-corrected chi connectivity index (χ3v) is 4.58. The second-order valence-electron chi connectivity index (χ2n) is 6.65. The van der Waals surface area contributed by atoms with Gasteiger partial charge in [0.15, 0.2) is 0 Å². The topological polar surface area (TPSA) is 37.5 Å². The number of unbranched alkanes of at least 4 members (excludes halogenated alkanes) is 1. The maximum atomic E-state index is 6.25. The molecule has 2 aromatic rings. The van der Waals surface area contributed by atoms with E-state index < -0.39 is 0 Å². The zero-order valence-electron chi connectivity index (χ0n) is 14.4. The first-order valence-electron chi connectivity index (χ1n) is 8.79. The smallest absolute Gasteiger partial charge is 0.383 e. The molecular formula is C18H27BN2O2. The van der Waals surface area contributed by atoms with Crippen LogP contribution in [0.25, 0.3) is 10.9 Å². The first kappa shape index (κ1) is 16.4. The SMILES string of the molecule is CCCCB1OC(COc2cccc3[nH]ccc23)CN1C(C)C. The highest BCUT2D eigenvalue weighted by Gasteiger charge is 2.38. The van der Waals surface area contributed by atoms with Crippen LogP contribution in [0.2, 0.25) is 6.32 Å². The van der Waals surface area contributed by atoms with Crippen LogP contribution in [0.5, 0.6) is 5.75 Å². The molecule has 3 rings (SSSR count). The lowest BCUT2D eigenvalue weighted by molar-refractivity contribution is 0.151. The van der Waals surface area contributed by atoms with Gasteiger partial charge in [-0.3, -0.25) is 0 Å². The van der Waals surface area contributed by atoms with Gasteiger partial charge in [-0.1, -0.05) is 39.7 Å². The van der Waals surface area contributed by atoms with Gasteiger partial charge in [-0.25, -0.2) is 0 Å². The monoisotopic (exact) mass is 314 g/mol. The van der Waals surface area contributed by atoms with Crippen molar-refractivity contribution in [2.75, 3.05) is 13.2 Å². The molecular weight excluding hydrogens is 287 g/mol. The summed E-state index contributed by atoms with van der Waals surface area (Å²) in [5.41, 5.74) is 1.11.